The van der Waals surface area contributed by atoms with E-state index >= 15 is 0 Å². The second-order valence-electron chi connectivity index (χ2n) is 5.12. The molecule has 5 nitrogen and oxygen atoms in total. The predicted octanol–water partition coefficient (Wildman–Crippen LogP) is 0.589. The van der Waals surface area contributed by atoms with Crippen LogP contribution in [0.2, 0.25) is 0 Å². The number of hydrogen-bond acceptors (Lipinski definition) is 5. The summed E-state index contributed by atoms with van der Waals surface area (Å²) in [4.78, 5) is 4.37. The number of alkyl halides is 3. The first-order valence-corrected chi connectivity index (χ1v) is 6.65. The van der Waals surface area contributed by atoms with Gasteiger partial charge in [-0.1, -0.05) is 0 Å². The van der Waals surface area contributed by atoms with Crippen LogP contribution >= 0.6 is 0 Å². The Morgan fingerprint density at radius 2 is 1.80 bits per heavy atom. The van der Waals surface area contributed by atoms with Crippen molar-refractivity contribution in [3.05, 3.63) is 17.8 Å². The molecule has 3 rings (SSSR count). The van der Waals surface area contributed by atoms with Crippen LogP contribution in [0.3, 0.4) is 0 Å². The Hall–Kier alpha value is -1.41. The molecule has 0 atom stereocenters. The third-order valence-corrected chi connectivity index (χ3v) is 3.80. The minimum absolute atomic E-state index is 0.473. The van der Waals surface area contributed by atoms with E-state index in [1.54, 1.807) is 0 Å². The van der Waals surface area contributed by atoms with Gasteiger partial charge in [0.2, 0.25) is 0 Å². The van der Waals surface area contributed by atoms with Crippen LogP contribution in [0.25, 0.3) is 0 Å². The highest BCUT2D eigenvalue weighted by Gasteiger charge is 2.35. The van der Waals surface area contributed by atoms with Crippen LogP contribution in [0.4, 0.5) is 19.0 Å². The van der Waals surface area contributed by atoms with E-state index in [1.807, 2.05) is 4.90 Å². The molecule has 110 valence electrons. The summed E-state index contributed by atoms with van der Waals surface area (Å²) in [5.74, 6) is 0.518. The molecule has 1 aromatic heterocycles. The van der Waals surface area contributed by atoms with Crippen LogP contribution in [-0.4, -0.2) is 60.4 Å². The summed E-state index contributed by atoms with van der Waals surface area (Å²) >= 11 is 0. The maximum absolute atomic E-state index is 12.4. The maximum atomic E-state index is 12.4. The molecule has 2 aliphatic rings. The van der Waals surface area contributed by atoms with Crippen molar-refractivity contribution < 1.29 is 13.2 Å². The monoisotopic (exact) mass is 287 g/mol. The number of halogens is 3. The topological polar surface area (TPSA) is 44.3 Å². The number of rotatable bonds is 2. The van der Waals surface area contributed by atoms with Crippen molar-refractivity contribution in [3.8, 4) is 0 Å². The second-order valence-corrected chi connectivity index (χ2v) is 5.12. The molecule has 2 saturated heterocycles. The molecule has 2 aliphatic heterocycles. The zero-order valence-corrected chi connectivity index (χ0v) is 10.9. The van der Waals surface area contributed by atoms with E-state index in [-0.39, 0.29) is 0 Å². The molecular weight excluding hydrogens is 271 g/mol. The summed E-state index contributed by atoms with van der Waals surface area (Å²) in [6.45, 7) is 5.65. The molecule has 0 radical (unpaired) electrons. The second kappa shape index (κ2) is 5.17. The zero-order chi connectivity index (χ0) is 14.2. The lowest BCUT2D eigenvalue weighted by molar-refractivity contribution is -0.141. The van der Waals surface area contributed by atoms with Crippen molar-refractivity contribution in [2.75, 3.05) is 44.2 Å². The smallest absolute Gasteiger partial charge is 0.352 e. The van der Waals surface area contributed by atoms with Gasteiger partial charge in [0, 0.05) is 45.3 Å². The van der Waals surface area contributed by atoms with Gasteiger partial charge in [-0.2, -0.15) is 13.2 Å². The average molecular weight is 287 g/mol. The van der Waals surface area contributed by atoms with Gasteiger partial charge in [-0.25, -0.2) is 0 Å². The molecule has 20 heavy (non-hydrogen) atoms. The van der Waals surface area contributed by atoms with E-state index in [0.29, 0.717) is 11.9 Å². The van der Waals surface area contributed by atoms with Gasteiger partial charge in [0.15, 0.2) is 11.5 Å². The van der Waals surface area contributed by atoms with Gasteiger partial charge in [0.05, 0.1) is 0 Å². The first-order chi connectivity index (χ1) is 9.54. The van der Waals surface area contributed by atoms with Gasteiger partial charge >= 0.3 is 6.18 Å². The van der Waals surface area contributed by atoms with Gasteiger partial charge in [-0.05, 0) is 12.1 Å². The van der Waals surface area contributed by atoms with E-state index in [9.17, 15) is 13.2 Å². The number of anilines is 1. The summed E-state index contributed by atoms with van der Waals surface area (Å²) in [6, 6.07) is 2.85. The van der Waals surface area contributed by atoms with E-state index < -0.39 is 11.9 Å². The summed E-state index contributed by atoms with van der Waals surface area (Å²) in [5.41, 5.74) is -0.944. The first kappa shape index (κ1) is 13.6. The Balaban J connectivity index is 1.57. The Morgan fingerprint density at radius 3 is 2.35 bits per heavy atom. The van der Waals surface area contributed by atoms with E-state index in [0.717, 1.165) is 45.3 Å². The van der Waals surface area contributed by atoms with E-state index in [2.05, 4.69) is 20.4 Å². The van der Waals surface area contributed by atoms with Gasteiger partial charge in [0.25, 0.3) is 0 Å². The summed E-state index contributed by atoms with van der Waals surface area (Å²) in [6.07, 6.45) is -4.43. The van der Waals surface area contributed by atoms with Crippen LogP contribution in [0, 0.1) is 0 Å². The lowest BCUT2D eigenvalue weighted by atomic mass is 10.1. The molecule has 0 aliphatic carbocycles. The largest absolute Gasteiger partial charge is 0.435 e. The molecular formula is C12H16F3N5. The standard InChI is InChI=1S/C12H16F3N5/c13-12(14,15)10-1-2-11(18-17-10)20-7-9(8-20)19-5-3-16-4-6-19/h1-2,9,16H,3-8H2. The fraction of sp³-hybridized carbons (Fsp3) is 0.667. The number of nitrogens with zero attached hydrogens (tertiary/aromatic N) is 4. The van der Waals surface area contributed by atoms with Gasteiger partial charge in [0.1, 0.15) is 0 Å². The van der Waals surface area contributed by atoms with Crippen molar-refractivity contribution >= 4 is 5.82 Å². The van der Waals surface area contributed by atoms with E-state index in [4.69, 9.17) is 0 Å². The Bertz CT molecular complexity index is 449. The van der Waals surface area contributed by atoms with E-state index in [1.165, 1.54) is 6.07 Å². The highest BCUT2D eigenvalue weighted by Crippen LogP contribution is 2.28. The highest BCUT2D eigenvalue weighted by molar-refractivity contribution is 5.41. The number of hydrogen-bond donors (Lipinski definition) is 1. The number of nitrogens with one attached hydrogen (secondary N) is 1. The van der Waals surface area contributed by atoms with Crippen molar-refractivity contribution in [2.45, 2.75) is 12.2 Å². The number of aromatic nitrogens is 2. The zero-order valence-electron chi connectivity index (χ0n) is 10.9. The molecule has 0 amide bonds. The van der Waals surface area contributed by atoms with Crippen molar-refractivity contribution in [2.24, 2.45) is 0 Å². The van der Waals surface area contributed by atoms with Crippen LogP contribution < -0.4 is 10.2 Å². The van der Waals surface area contributed by atoms with Crippen LogP contribution in [0.15, 0.2) is 12.1 Å². The molecule has 0 unspecified atom stereocenters. The summed E-state index contributed by atoms with van der Waals surface area (Å²) < 4.78 is 37.2. The summed E-state index contributed by atoms with van der Waals surface area (Å²) in [5, 5.41) is 10.2. The molecule has 3 heterocycles. The fourth-order valence-electron chi connectivity index (χ4n) is 2.57. The minimum Gasteiger partial charge on any atom is -0.352 e. The summed E-state index contributed by atoms with van der Waals surface area (Å²) in [7, 11) is 0. The first-order valence-electron chi connectivity index (χ1n) is 6.65. The molecule has 8 heteroatoms. The van der Waals surface area contributed by atoms with Gasteiger partial charge < -0.3 is 10.2 Å². The molecule has 0 spiro atoms. The van der Waals surface area contributed by atoms with Crippen molar-refractivity contribution in [1.29, 1.82) is 0 Å². The number of piperazine rings is 1. The van der Waals surface area contributed by atoms with Gasteiger partial charge in [-0.15, -0.1) is 10.2 Å². The third-order valence-electron chi connectivity index (χ3n) is 3.80. The predicted molar refractivity (Wildman–Crippen MR) is 67.5 cm³/mol. The molecule has 0 bridgehead atoms. The molecule has 1 N–H and O–H groups in total. The SMILES string of the molecule is FC(F)(F)c1ccc(N2CC(N3CCNCC3)C2)nn1. The van der Waals surface area contributed by atoms with Crippen LogP contribution in [-0.2, 0) is 6.18 Å². The molecule has 2 fully saturated rings. The Morgan fingerprint density at radius 1 is 1.10 bits per heavy atom. The van der Waals surface area contributed by atoms with Crippen LogP contribution in [0.5, 0.6) is 0 Å². The van der Waals surface area contributed by atoms with Gasteiger partial charge in [-0.3, -0.25) is 4.90 Å². The van der Waals surface area contributed by atoms with Crippen molar-refractivity contribution in [1.82, 2.24) is 20.4 Å². The Labute approximate surface area is 114 Å². The quantitative estimate of drug-likeness (QED) is 0.862. The fourth-order valence-corrected chi connectivity index (χ4v) is 2.57. The van der Waals surface area contributed by atoms with Crippen molar-refractivity contribution in [3.63, 3.8) is 0 Å². The Kier molecular flexibility index (Phi) is 3.51. The minimum atomic E-state index is -4.43. The normalized spacial score (nSPS) is 21.9. The lowest BCUT2D eigenvalue weighted by Gasteiger charge is -2.47. The highest BCUT2D eigenvalue weighted by atomic mass is 19.4. The average Bonchev–Trinajstić information content (AvgIpc) is 2.38. The van der Waals surface area contributed by atoms with Crippen LogP contribution in [0.1, 0.15) is 5.69 Å². The molecule has 1 aromatic rings. The lowest BCUT2D eigenvalue weighted by Crippen LogP contribution is -2.63. The third kappa shape index (κ3) is 2.71. The molecule has 0 aromatic carbocycles. The maximum Gasteiger partial charge on any atom is 0.435 e. The molecule has 0 saturated carbocycles.